The first-order valence-electron chi connectivity index (χ1n) is 10.0. The molecule has 0 aromatic heterocycles. The van der Waals surface area contributed by atoms with E-state index in [4.69, 9.17) is 11.6 Å². The summed E-state index contributed by atoms with van der Waals surface area (Å²) >= 11 is 5.97. The molecular formula is C21H24ClF3N4O5S. The molecule has 14 heteroatoms. The molecule has 192 valence electrons. The van der Waals surface area contributed by atoms with Crippen LogP contribution in [0.1, 0.15) is 17.3 Å². The zero-order chi connectivity index (χ0) is 26.6. The van der Waals surface area contributed by atoms with Gasteiger partial charge in [0.1, 0.15) is 0 Å². The Labute approximate surface area is 205 Å². The van der Waals surface area contributed by atoms with E-state index in [9.17, 15) is 36.3 Å². The first-order chi connectivity index (χ1) is 16.1. The first-order valence-corrected chi connectivity index (χ1v) is 11.9. The number of nitrogens with one attached hydrogen (secondary N) is 3. The second-order valence-corrected chi connectivity index (χ2v) is 9.97. The molecule has 4 N–H and O–H groups in total. The average Bonchev–Trinajstić information content (AvgIpc) is 2.73. The third-order valence-electron chi connectivity index (χ3n) is 4.75. The highest BCUT2D eigenvalue weighted by molar-refractivity contribution is 7.92. The van der Waals surface area contributed by atoms with E-state index in [0.717, 1.165) is 18.2 Å². The van der Waals surface area contributed by atoms with Gasteiger partial charge in [0.05, 0.1) is 26.9 Å². The number of anilines is 2. The van der Waals surface area contributed by atoms with Gasteiger partial charge in [-0.2, -0.15) is 13.2 Å². The number of halogens is 4. The van der Waals surface area contributed by atoms with Crippen LogP contribution in [0.5, 0.6) is 0 Å². The molecule has 0 aliphatic heterocycles. The number of sulfonamides is 1. The van der Waals surface area contributed by atoms with Crippen LogP contribution in [0.15, 0.2) is 47.4 Å². The van der Waals surface area contributed by atoms with Crippen molar-refractivity contribution in [1.29, 1.82) is 0 Å². The van der Waals surface area contributed by atoms with E-state index in [0.29, 0.717) is 13.1 Å². The highest BCUT2D eigenvalue weighted by Crippen LogP contribution is 2.33. The van der Waals surface area contributed by atoms with Crippen LogP contribution in [0, 0.1) is 0 Å². The van der Waals surface area contributed by atoms with Crippen molar-refractivity contribution in [3.8, 4) is 0 Å². The smallest absolute Gasteiger partial charge is 0.373 e. The minimum Gasteiger partial charge on any atom is -0.373 e. The predicted octanol–water partition coefficient (Wildman–Crippen LogP) is 2.68. The number of carbonyl (C=O) groups excluding carboxylic acids is 2. The Balaban J connectivity index is 2.24. The number of aliphatic hydroxyl groups is 1. The number of nitrogens with zero attached hydrogens (tertiary/aromatic N) is 1. The summed E-state index contributed by atoms with van der Waals surface area (Å²) in [5.74, 6) is -2.30. The van der Waals surface area contributed by atoms with Crippen LogP contribution in [0.25, 0.3) is 0 Å². The lowest BCUT2D eigenvalue weighted by atomic mass is 10.1. The van der Waals surface area contributed by atoms with Crippen molar-refractivity contribution in [1.82, 2.24) is 10.2 Å². The van der Waals surface area contributed by atoms with Crippen LogP contribution in [0.4, 0.5) is 24.5 Å². The van der Waals surface area contributed by atoms with E-state index < -0.39 is 38.6 Å². The lowest BCUT2D eigenvalue weighted by molar-refractivity contribution is -0.242. The highest BCUT2D eigenvalue weighted by atomic mass is 35.5. The first kappa shape index (κ1) is 28.4. The van der Waals surface area contributed by atoms with E-state index in [-0.39, 0.29) is 28.8 Å². The SMILES string of the molecule is CN(C)CCNC(=O)c1ccccc1NS(=O)(=O)c1ccc(NC(=O)C(C)(O)C(F)(F)F)c(Cl)c1. The minimum absolute atomic E-state index is 0.00965. The molecule has 0 spiro atoms. The van der Waals surface area contributed by atoms with Gasteiger partial charge in [-0.25, -0.2) is 8.42 Å². The van der Waals surface area contributed by atoms with Gasteiger partial charge in [0.2, 0.25) is 5.60 Å². The fraction of sp³-hybridized carbons (Fsp3) is 0.333. The summed E-state index contributed by atoms with van der Waals surface area (Å²) < 4.78 is 66.6. The van der Waals surface area contributed by atoms with Gasteiger partial charge >= 0.3 is 6.18 Å². The van der Waals surface area contributed by atoms with Crippen LogP contribution in [-0.2, 0) is 14.8 Å². The van der Waals surface area contributed by atoms with Gasteiger partial charge in [0.25, 0.3) is 21.8 Å². The molecule has 2 rings (SSSR count). The van der Waals surface area contributed by atoms with Gasteiger partial charge in [0, 0.05) is 13.1 Å². The minimum atomic E-state index is -5.25. The second-order valence-electron chi connectivity index (χ2n) is 7.88. The molecule has 0 aliphatic carbocycles. The number of likely N-dealkylation sites (N-methyl/N-ethyl adjacent to an activating group) is 1. The molecular weight excluding hydrogens is 513 g/mol. The standard InChI is InChI=1S/C21H24ClF3N4O5S/c1-20(32,21(23,24)25)19(31)27-17-9-8-13(12-15(17)22)35(33,34)28-16-7-5-4-6-14(16)18(30)26-10-11-29(2)3/h4-9,12,28,32H,10-11H2,1-3H3,(H,26,30)(H,27,31). The van der Waals surface area contributed by atoms with Crippen molar-refractivity contribution < 1.29 is 36.3 Å². The zero-order valence-electron chi connectivity index (χ0n) is 18.9. The summed E-state index contributed by atoms with van der Waals surface area (Å²) in [6.07, 6.45) is -5.25. The number of carbonyl (C=O) groups is 2. The van der Waals surface area contributed by atoms with Gasteiger partial charge in [-0.3, -0.25) is 14.3 Å². The fourth-order valence-corrected chi connectivity index (χ4v) is 4.00. The molecule has 0 fully saturated rings. The van der Waals surface area contributed by atoms with E-state index in [1.165, 1.54) is 18.2 Å². The van der Waals surface area contributed by atoms with Crippen LogP contribution in [-0.4, -0.2) is 69.2 Å². The Morgan fingerprint density at radius 1 is 1.09 bits per heavy atom. The molecule has 0 radical (unpaired) electrons. The van der Waals surface area contributed by atoms with Crippen LogP contribution < -0.4 is 15.4 Å². The van der Waals surface area contributed by atoms with Crippen molar-refractivity contribution in [2.24, 2.45) is 0 Å². The maximum atomic E-state index is 12.9. The Hall–Kier alpha value is -2.87. The van der Waals surface area contributed by atoms with Crippen molar-refractivity contribution >= 4 is 44.8 Å². The monoisotopic (exact) mass is 536 g/mol. The fourth-order valence-electron chi connectivity index (χ4n) is 2.60. The van der Waals surface area contributed by atoms with Gasteiger partial charge in [0.15, 0.2) is 0 Å². The average molecular weight is 537 g/mol. The molecule has 1 unspecified atom stereocenters. The van der Waals surface area contributed by atoms with Crippen molar-refractivity contribution in [3.05, 3.63) is 53.1 Å². The van der Waals surface area contributed by atoms with E-state index >= 15 is 0 Å². The Morgan fingerprint density at radius 3 is 2.29 bits per heavy atom. The Bertz CT molecular complexity index is 1200. The molecule has 0 bridgehead atoms. The summed E-state index contributed by atoms with van der Waals surface area (Å²) in [6.45, 7) is 1.17. The van der Waals surface area contributed by atoms with Gasteiger partial charge < -0.3 is 20.6 Å². The molecule has 0 saturated carbocycles. The molecule has 2 aromatic carbocycles. The maximum absolute atomic E-state index is 12.9. The lowest BCUT2D eigenvalue weighted by Gasteiger charge is -2.25. The zero-order valence-corrected chi connectivity index (χ0v) is 20.5. The molecule has 35 heavy (non-hydrogen) atoms. The van der Waals surface area contributed by atoms with Gasteiger partial charge in [-0.05, 0) is 51.4 Å². The number of benzene rings is 2. The molecule has 0 saturated heterocycles. The maximum Gasteiger partial charge on any atom is 0.426 e. The summed E-state index contributed by atoms with van der Waals surface area (Å²) in [6, 6.07) is 8.76. The van der Waals surface area contributed by atoms with Crippen molar-refractivity contribution in [3.63, 3.8) is 0 Å². The van der Waals surface area contributed by atoms with Crippen LogP contribution >= 0.6 is 11.6 Å². The number of hydrogen-bond donors (Lipinski definition) is 4. The molecule has 2 aromatic rings. The molecule has 9 nitrogen and oxygen atoms in total. The number of hydrogen-bond acceptors (Lipinski definition) is 6. The van der Waals surface area contributed by atoms with Crippen LogP contribution in [0.3, 0.4) is 0 Å². The topological polar surface area (TPSA) is 128 Å². The largest absolute Gasteiger partial charge is 0.426 e. The molecule has 2 amide bonds. The summed E-state index contributed by atoms with van der Waals surface area (Å²) in [4.78, 5) is 25.8. The van der Waals surface area contributed by atoms with Crippen LogP contribution in [0.2, 0.25) is 5.02 Å². The van der Waals surface area contributed by atoms with Gasteiger partial charge in [-0.1, -0.05) is 23.7 Å². The Morgan fingerprint density at radius 2 is 1.71 bits per heavy atom. The number of rotatable bonds is 9. The lowest BCUT2D eigenvalue weighted by Crippen LogP contribution is -2.52. The summed E-state index contributed by atoms with van der Waals surface area (Å²) in [7, 11) is -0.631. The number of para-hydroxylation sites is 1. The summed E-state index contributed by atoms with van der Waals surface area (Å²) in [5, 5.41) is 13.6. The van der Waals surface area contributed by atoms with Gasteiger partial charge in [-0.15, -0.1) is 0 Å². The summed E-state index contributed by atoms with van der Waals surface area (Å²) in [5.41, 5.74) is -3.98. The van der Waals surface area contributed by atoms with E-state index in [1.54, 1.807) is 6.07 Å². The normalized spacial score (nSPS) is 13.7. The third-order valence-corrected chi connectivity index (χ3v) is 6.43. The molecule has 0 heterocycles. The number of amides is 2. The van der Waals surface area contributed by atoms with E-state index in [2.05, 4.69) is 10.0 Å². The third kappa shape index (κ3) is 7.07. The molecule has 1 atom stereocenters. The second kappa shape index (κ2) is 10.8. The van der Waals surface area contributed by atoms with Crippen molar-refractivity contribution in [2.75, 3.05) is 37.2 Å². The Kier molecular flexibility index (Phi) is 8.76. The molecule has 0 aliphatic rings. The highest BCUT2D eigenvalue weighted by Gasteiger charge is 2.55. The van der Waals surface area contributed by atoms with Crippen molar-refractivity contribution in [2.45, 2.75) is 23.6 Å². The van der Waals surface area contributed by atoms with E-state index in [1.807, 2.05) is 24.3 Å². The number of alkyl halides is 3. The quantitative estimate of drug-likeness (QED) is 0.390. The predicted molar refractivity (Wildman–Crippen MR) is 125 cm³/mol.